The van der Waals surface area contributed by atoms with Gasteiger partial charge in [-0.05, 0) is 49.8 Å². The molecule has 2 aliphatic heterocycles. The van der Waals surface area contributed by atoms with E-state index in [1.54, 1.807) is 18.3 Å². The molecule has 2 saturated heterocycles. The molecule has 2 aliphatic rings. The molecule has 4 rings (SSSR count). The van der Waals surface area contributed by atoms with Crippen LogP contribution in [-0.4, -0.2) is 59.9 Å². The number of furan rings is 1. The molecule has 2 atom stereocenters. The van der Waals surface area contributed by atoms with Gasteiger partial charge in [0.1, 0.15) is 5.69 Å². The van der Waals surface area contributed by atoms with Crippen molar-refractivity contribution in [3.8, 4) is 11.5 Å². The Labute approximate surface area is 164 Å². The Balaban J connectivity index is 1.48. The summed E-state index contributed by atoms with van der Waals surface area (Å²) in [6, 6.07) is 4.79. The fraction of sp³-hybridized carbons (Fsp3) is 0.579. The largest absolute Gasteiger partial charge is 0.442 e. The number of nitrogens with one attached hydrogen (secondary N) is 1. The first-order chi connectivity index (χ1) is 13.4. The molecule has 1 N–H and O–H groups in total. The molecule has 0 aliphatic carbocycles. The molecule has 0 radical (unpaired) electrons. The molecule has 0 spiro atoms. The summed E-state index contributed by atoms with van der Waals surface area (Å²) in [6.45, 7) is 4.33. The Hall–Kier alpha value is -2.13. The lowest BCUT2D eigenvalue weighted by Crippen LogP contribution is -2.48. The summed E-state index contributed by atoms with van der Waals surface area (Å²) in [5, 5.41) is 6.51. The molecule has 28 heavy (non-hydrogen) atoms. The normalized spacial score (nSPS) is 24.4. The van der Waals surface area contributed by atoms with E-state index in [0.29, 0.717) is 30.3 Å². The van der Waals surface area contributed by atoms with Crippen LogP contribution in [0.4, 0.5) is 0 Å². The molecule has 9 heteroatoms. The van der Waals surface area contributed by atoms with Gasteiger partial charge in [-0.15, -0.1) is 0 Å². The van der Waals surface area contributed by atoms with E-state index < -0.39 is 10.0 Å². The van der Waals surface area contributed by atoms with Crippen LogP contribution in [0.2, 0.25) is 0 Å². The number of nitrogens with zero attached hydrogens (tertiary/aromatic N) is 3. The van der Waals surface area contributed by atoms with Crippen LogP contribution < -0.4 is 0 Å². The second-order valence-corrected chi connectivity index (χ2v) is 9.69. The summed E-state index contributed by atoms with van der Waals surface area (Å²) in [4.78, 5) is 14.9. The predicted molar refractivity (Wildman–Crippen MR) is 103 cm³/mol. The molecule has 0 unspecified atom stereocenters. The second-order valence-electron chi connectivity index (χ2n) is 7.82. The average molecular weight is 407 g/mol. The minimum absolute atomic E-state index is 0.0871. The highest BCUT2D eigenvalue weighted by Gasteiger charge is 2.37. The van der Waals surface area contributed by atoms with E-state index in [-0.39, 0.29) is 23.5 Å². The van der Waals surface area contributed by atoms with Crippen molar-refractivity contribution < 1.29 is 17.6 Å². The van der Waals surface area contributed by atoms with Crippen molar-refractivity contribution in [2.45, 2.75) is 37.7 Å². The van der Waals surface area contributed by atoms with Crippen molar-refractivity contribution >= 4 is 15.9 Å². The van der Waals surface area contributed by atoms with Gasteiger partial charge in [0.05, 0.1) is 5.92 Å². The molecule has 0 bridgehead atoms. The Bertz CT molecular complexity index is 922. The molecule has 0 aromatic carbocycles. The van der Waals surface area contributed by atoms with Crippen molar-refractivity contribution in [3.63, 3.8) is 0 Å². The summed E-state index contributed by atoms with van der Waals surface area (Å²) in [5.41, 5.74) is 0.618. The van der Waals surface area contributed by atoms with Crippen LogP contribution in [0, 0.1) is 11.8 Å². The molecule has 2 aromatic rings. The summed E-state index contributed by atoms with van der Waals surface area (Å²) in [6.07, 6.45) is 5.14. The van der Waals surface area contributed by atoms with Crippen LogP contribution in [0.15, 0.2) is 33.9 Å². The summed E-state index contributed by atoms with van der Waals surface area (Å²) in [5.74, 6) is 0.730. The zero-order valence-corrected chi connectivity index (χ0v) is 16.8. The van der Waals surface area contributed by atoms with E-state index in [4.69, 9.17) is 4.42 Å². The van der Waals surface area contributed by atoms with Gasteiger partial charge in [-0.25, -0.2) is 8.42 Å². The lowest BCUT2D eigenvalue weighted by Gasteiger charge is -2.37. The zero-order chi connectivity index (χ0) is 19.7. The number of rotatable bonds is 4. The first-order valence-electron chi connectivity index (χ1n) is 9.83. The monoisotopic (exact) mass is 406 g/mol. The van der Waals surface area contributed by atoms with Gasteiger partial charge in [0.25, 0.3) is 10.0 Å². The van der Waals surface area contributed by atoms with Crippen molar-refractivity contribution in [2.75, 3.05) is 26.2 Å². The molecular formula is C19H26N4O4S. The van der Waals surface area contributed by atoms with E-state index in [1.165, 1.54) is 10.4 Å². The van der Waals surface area contributed by atoms with Crippen molar-refractivity contribution in [1.29, 1.82) is 0 Å². The number of aromatic nitrogens is 2. The van der Waals surface area contributed by atoms with Gasteiger partial charge in [0.15, 0.2) is 5.76 Å². The summed E-state index contributed by atoms with van der Waals surface area (Å²) < 4.78 is 33.1. The summed E-state index contributed by atoms with van der Waals surface area (Å²) in [7, 11) is -3.78. The van der Waals surface area contributed by atoms with E-state index >= 15 is 0 Å². The smallest absolute Gasteiger partial charge is 0.276 e. The molecule has 8 nitrogen and oxygen atoms in total. The Morgan fingerprint density at radius 3 is 2.75 bits per heavy atom. The third-order valence-corrected chi connectivity index (χ3v) is 7.38. The van der Waals surface area contributed by atoms with Crippen LogP contribution in [0.5, 0.6) is 0 Å². The third kappa shape index (κ3) is 3.73. The number of aromatic amines is 1. The number of sulfonamides is 1. The number of likely N-dealkylation sites (tertiary alicyclic amines) is 1. The Morgan fingerprint density at radius 1 is 1.18 bits per heavy atom. The van der Waals surface area contributed by atoms with Gasteiger partial charge in [-0.1, -0.05) is 6.92 Å². The molecule has 0 saturated carbocycles. The number of H-pyrrole nitrogens is 1. The highest BCUT2D eigenvalue weighted by molar-refractivity contribution is 7.89. The van der Waals surface area contributed by atoms with E-state index in [0.717, 1.165) is 32.4 Å². The van der Waals surface area contributed by atoms with Crippen LogP contribution in [-0.2, 0) is 14.8 Å². The first-order valence-corrected chi connectivity index (χ1v) is 11.3. The van der Waals surface area contributed by atoms with Crippen LogP contribution in [0.25, 0.3) is 11.5 Å². The van der Waals surface area contributed by atoms with E-state index in [2.05, 4.69) is 17.1 Å². The quantitative estimate of drug-likeness (QED) is 0.840. The first kappa shape index (κ1) is 19.2. The second kappa shape index (κ2) is 7.71. The molecule has 152 valence electrons. The van der Waals surface area contributed by atoms with E-state index in [9.17, 15) is 13.2 Å². The average Bonchev–Trinajstić information content (AvgIpc) is 3.39. The topological polar surface area (TPSA) is 99.5 Å². The van der Waals surface area contributed by atoms with Crippen molar-refractivity contribution in [1.82, 2.24) is 19.4 Å². The van der Waals surface area contributed by atoms with Gasteiger partial charge in [0.2, 0.25) is 11.0 Å². The van der Waals surface area contributed by atoms with Gasteiger partial charge < -0.3 is 9.32 Å². The van der Waals surface area contributed by atoms with Crippen LogP contribution >= 0.6 is 0 Å². The van der Waals surface area contributed by atoms with Crippen molar-refractivity contribution in [3.05, 3.63) is 24.4 Å². The number of carbonyl (C=O) groups is 1. The Morgan fingerprint density at radius 2 is 2.00 bits per heavy atom. The molecule has 2 fully saturated rings. The maximum absolute atomic E-state index is 13.0. The summed E-state index contributed by atoms with van der Waals surface area (Å²) >= 11 is 0. The fourth-order valence-electron chi connectivity index (χ4n) is 4.13. The SMILES string of the molecule is C[C@@H]1CCCN(C(=O)[C@@H]2CCCN(S(=O)(=O)c3ccc(-c4ccn[nH]4)o3)C2)C1. The van der Waals surface area contributed by atoms with Gasteiger partial charge in [-0.2, -0.15) is 9.40 Å². The van der Waals surface area contributed by atoms with Gasteiger partial charge in [0, 0.05) is 32.4 Å². The standard InChI is InChI=1S/C19H26N4O4S/c1-14-4-2-10-22(12-14)19(24)15-5-3-11-23(13-15)28(25,26)18-7-6-17(27-18)16-8-9-20-21-16/h6-9,14-15H,2-5,10-13H2,1H3,(H,20,21)/t14-,15-/m1/s1. The van der Waals surface area contributed by atoms with Crippen molar-refractivity contribution in [2.24, 2.45) is 11.8 Å². The minimum Gasteiger partial charge on any atom is -0.442 e. The molecular weight excluding hydrogens is 380 g/mol. The third-order valence-electron chi connectivity index (χ3n) is 5.64. The highest BCUT2D eigenvalue weighted by Crippen LogP contribution is 2.29. The lowest BCUT2D eigenvalue weighted by molar-refractivity contribution is -0.138. The maximum Gasteiger partial charge on any atom is 0.276 e. The molecule has 4 heterocycles. The lowest BCUT2D eigenvalue weighted by atomic mass is 9.94. The predicted octanol–water partition coefficient (Wildman–Crippen LogP) is 2.33. The zero-order valence-electron chi connectivity index (χ0n) is 16.0. The minimum atomic E-state index is -3.78. The maximum atomic E-state index is 13.0. The molecule has 2 aromatic heterocycles. The fourth-order valence-corrected chi connectivity index (χ4v) is 5.57. The molecule has 1 amide bonds. The number of hydrogen-bond acceptors (Lipinski definition) is 5. The van der Waals surface area contributed by atoms with Gasteiger partial charge >= 0.3 is 0 Å². The van der Waals surface area contributed by atoms with Gasteiger partial charge in [-0.3, -0.25) is 9.89 Å². The van der Waals surface area contributed by atoms with Crippen LogP contribution in [0.1, 0.15) is 32.6 Å². The Kier molecular flexibility index (Phi) is 5.29. The highest BCUT2D eigenvalue weighted by atomic mass is 32.2. The number of carbonyl (C=O) groups excluding carboxylic acids is 1. The van der Waals surface area contributed by atoms with E-state index in [1.807, 2.05) is 4.90 Å². The number of hydrogen-bond donors (Lipinski definition) is 1. The number of piperidine rings is 2. The van der Waals surface area contributed by atoms with Crippen LogP contribution in [0.3, 0.4) is 0 Å². The number of amides is 1.